The molecule has 0 aromatic heterocycles. The van der Waals surface area contributed by atoms with Crippen molar-refractivity contribution in [3.63, 3.8) is 0 Å². The zero-order valence-electron chi connectivity index (χ0n) is 9.29. The van der Waals surface area contributed by atoms with Crippen molar-refractivity contribution in [3.05, 3.63) is 27.8 Å². The molecule has 0 aliphatic rings. The molecule has 0 spiro atoms. The zero-order chi connectivity index (χ0) is 11.1. The van der Waals surface area contributed by atoms with Gasteiger partial charge in [-0.1, -0.05) is 19.9 Å². The highest BCUT2D eigenvalue weighted by molar-refractivity contribution is 14.1. The molecule has 1 rings (SSSR count). The van der Waals surface area contributed by atoms with E-state index in [1.54, 1.807) is 0 Å². The number of ether oxygens (including phenoxy) is 1. The van der Waals surface area contributed by atoms with Crippen molar-refractivity contribution in [2.24, 2.45) is 5.92 Å². The highest BCUT2D eigenvalue weighted by Gasteiger charge is 1.95. The quantitative estimate of drug-likeness (QED) is 0.643. The van der Waals surface area contributed by atoms with Gasteiger partial charge in [0.15, 0.2) is 0 Å². The first-order valence-corrected chi connectivity index (χ1v) is 6.35. The Morgan fingerprint density at radius 2 is 2.20 bits per heavy atom. The monoisotopic (exact) mass is 319 g/mol. The largest absolute Gasteiger partial charge is 0.492 e. The molecule has 3 heteroatoms. The molecule has 0 unspecified atom stereocenters. The van der Waals surface area contributed by atoms with Crippen molar-refractivity contribution in [2.45, 2.75) is 13.8 Å². The van der Waals surface area contributed by atoms with Crippen molar-refractivity contribution in [1.29, 1.82) is 0 Å². The van der Waals surface area contributed by atoms with Crippen molar-refractivity contribution in [1.82, 2.24) is 5.32 Å². The molecule has 0 atom stereocenters. The number of hydrogen-bond acceptors (Lipinski definition) is 2. The van der Waals surface area contributed by atoms with Crippen molar-refractivity contribution >= 4 is 22.6 Å². The predicted molar refractivity (Wildman–Crippen MR) is 72.4 cm³/mol. The molecule has 15 heavy (non-hydrogen) atoms. The van der Waals surface area contributed by atoms with Gasteiger partial charge < -0.3 is 10.1 Å². The number of nitrogens with one attached hydrogen (secondary N) is 1. The summed E-state index contributed by atoms with van der Waals surface area (Å²) in [5.74, 6) is 1.65. The van der Waals surface area contributed by atoms with Crippen LogP contribution in [0.1, 0.15) is 13.8 Å². The SMILES string of the molecule is CC(C)CNCCOc1cccc(I)c1. The number of halogens is 1. The first-order chi connectivity index (χ1) is 7.18. The Balaban J connectivity index is 2.15. The van der Waals surface area contributed by atoms with Crippen LogP contribution in [0.4, 0.5) is 0 Å². The van der Waals surface area contributed by atoms with Crippen molar-refractivity contribution in [2.75, 3.05) is 19.7 Å². The average Bonchev–Trinajstić information content (AvgIpc) is 2.17. The molecule has 1 aromatic carbocycles. The van der Waals surface area contributed by atoms with Crippen LogP contribution in [0.2, 0.25) is 0 Å². The second-order valence-corrected chi connectivity index (χ2v) is 5.15. The molecular weight excluding hydrogens is 301 g/mol. The smallest absolute Gasteiger partial charge is 0.120 e. The molecule has 0 heterocycles. The summed E-state index contributed by atoms with van der Waals surface area (Å²) >= 11 is 2.29. The van der Waals surface area contributed by atoms with Gasteiger partial charge in [0.2, 0.25) is 0 Å². The minimum atomic E-state index is 0.697. The van der Waals surface area contributed by atoms with E-state index < -0.39 is 0 Å². The lowest BCUT2D eigenvalue weighted by atomic mass is 10.2. The van der Waals surface area contributed by atoms with Gasteiger partial charge in [0.05, 0.1) is 0 Å². The Hall–Kier alpha value is -0.290. The second kappa shape index (κ2) is 7.06. The number of hydrogen-bond donors (Lipinski definition) is 1. The van der Waals surface area contributed by atoms with Gasteiger partial charge in [-0.15, -0.1) is 0 Å². The molecule has 0 saturated heterocycles. The van der Waals surface area contributed by atoms with Gasteiger partial charge in [0, 0.05) is 10.1 Å². The summed E-state index contributed by atoms with van der Waals surface area (Å²) in [5.41, 5.74) is 0. The molecule has 0 aliphatic heterocycles. The van der Waals surface area contributed by atoms with Crippen LogP contribution < -0.4 is 10.1 Å². The first kappa shape index (κ1) is 12.8. The van der Waals surface area contributed by atoms with E-state index in [0.29, 0.717) is 5.92 Å². The van der Waals surface area contributed by atoms with Crippen LogP contribution in [0.15, 0.2) is 24.3 Å². The van der Waals surface area contributed by atoms with Crippen LogP contribution in [0.3, 0.4) is 0 Å². The molecule has 0 amide bonds. The van der Waals surface area contributed by atoms with Gasteiger partial charge in [-0.2, -0.15) is 0 Å². The number of rotatable bonds is 6. The van der Waals surface area contributed by atoms with Crippen LogP contribution >= 0.6 is 22.6 Å². The Labute approximate surface area is 106 Å². The van der Waals surface area contributed by atoms with Crippen LogP contribution in [0, 0.1) is 9.49 Å². The standard InChI is InChI=1S/C12H18INO/c1-10(2)9-14-6-7-15-12-5-3-4-11(13)8-12/h3-5,8,10,14H,6-7,9H2,1-2H3. The Morgan fingerprint density at radius 1 is 1.40 bits per heavy atom. The lowest BCUT2D eigenvalue weighted by Gasteiger charge is -2.09. The molecule has 0 radical (unpaired) electrons. The average molecular weight is 319 g/mol. The number of benzene rings is 1. The Morgan fingerprint density at radius 3 is 2.87 bits per heavy atom. The van der Waals surface area contributed by atoms with E-state index in [1.165, 1.54) is 3.57 Å². The highest BCUT2D eigenvalue weighted by atomic mass is 127. The maximum atomic E-state index is 5.60. The van der Waals surface area contributed by atoms with Crippen LogP contribution in [-0.2, 0) is 0 Å². The zero-order valence-corrected chi connectivity index (χ0v) is 11.5. The Kier molecular flexibility index (Phi) is 6.02. The lowest BCUT2D eigenvalue weighted by molar-refractivity contribution is 0.311. The van der Waals surface area contributed by atoms with E-state index in [-0.39, 0.29) is 0 Å². The molecule has 0 saturated carbocycles. The fourth-order valence-corrected chi connectivity index (χ4v) is 1.70. The predicted octanol–water partition coefficient (Wildman–Crippen LogP) is 2.92. The van der Waals surface area contributed by atoms with E-state index in [4.69, 9.17) is 4.74 Å². The second-order valence-electron chi connectivity index (χ2n) is 3.90. The van der Waals surface area contributed by atoms with E-state index in [2.05, 4.69) is 47.8 Å². The third-order valence-electron chi connectivity index (χ3n) is 1.90. The van der Waals surface area contributed by atoms with Gasteiger partial charge in [0.1, 0.15) is 12.4 Å². The molecule has 0 aliphatic carbocycles. The topological polar surface area (TPSA) is 21.3 Å². The molecule has 0 fully saturated rings. The molecule has 0 bridgehead atoms. The molecular formula is C12H18INO. The summed E-state index contributed by atoms with van der Waals surface area (Å²) in [7, 11) is 0. The fourth-order valence-electron chi connectivity index (χ4n) is 1.19. The minimum Gasteiger partial charge on any atom is -0.492 e. The third-order valence-corrected chi connectivity index (χ3v) is 2.57. The summed E-state index contributed by atoms with van der Waals surface area (Å²) in [6.07, 6.45) is 0. The van der Waals surface area contributed by atoms with E-state index in [0.717, 1.165) is 25.4 Å². The normalized spacial score (nSPS) is 10.7. The van der Waals surface area contributed by atoms with Crippen molar-refractivity contribution < 1.29 is 4.74 Å². The molecule has 1 aromatic rings. The van der Waals surface area contributed by atoms with Gasteiger partial charge >= 0.3 is 0 Å². The van der Waals surface area contributed by atoms with Crippen LogP contribution in [0.25, 0.3) is 0 Å². The Bertz CT molecular complexity index is 289. The van der Waals surface area contributed by atoms with Crippen molar-refractivity contribution in [3.8, 4) is 5.75 Å². The van der Waals surface area contributed by atoms with Gasteiger partial charge in [-0.25, -0.2) is 0 Å². The maximum Gasteiger partial charge on any atom is 0.120 e. The summed E-state index contributed by atoms with van der Waals surface area (Å²) < 4.78 is 6.81. The van der Waals surface area contributed by atoms with Crippen LogP contribution in [0.5, 0.6) is 5.75 Å². The van der Waals surface area contributed by atoms with Gasteiger partial charge in [-0.05, 0) is 53.3 Å². The minimum absolute atomic E-state index is 0.697. The summed E-state index contributed by atoms with van der Waals surface area (Å²) in [6, 6.07) is 8.11. The summed E-state index contributed by atoms with van der Waals surface area (Å²) in [4.78, 5) is 0. The van der Waals surface area contributed by atoms with Gasteiger partial charge in [0.25, 0.3) is 0 Å². The maximum absolute atomic E-state index is 5.60. The fraction of sp³-hybridized carbons (Fsp3) is 0.500. The molecule has 84 valence electrons. The van der Waals surface area contributed by atoms with Gasteiger partial charge in [-0.3, -0.25) is 0 Å². The third kappa shape index (κ3) is 5.99. The summed E-state index contributed by atoms with van der Waals surface area (Å²) in [6.45, 7) is 7.09. The molecule has 1 N–H and O–H groups in total. The van der Waals surface area contributed by atoms with E-state index in [9.17, 15) is 0 Å². The highest BCUT2D eigenvalue weighted by Crippen LogP contribution is 2.14. The van der Waals surface area contributed by atoms with E-state index in [1.807, 2.05) is 18.2 Å². The first-order valence-electron chi connectivity index (χ1n) is 5.27. The van der Waals surface area contributed by atoms with Crippen LogP contribution in [-0.4, -0.2) is 19.7 Å². The lowest BCUT2D eigenvalue weighted by Crippen LogP contribution is -2.24. The van der Waals surface area contributed by atoms with E-state index >= 15 is 0 Å². The summed E-state index contributed by atoms with van der Waals surface area (Å²) in [5, 5.41) is 3.34. The molecule has 2 nitrogen and oxygen atoms in total.